The van der Waals surface area contributed by atoms with Crippen molar-refractivity contribution in [2.24, 2.45) is 11.8 Å². The van der Waals surface area contributed by atoms with Gasteiger partial charge in [0.25, 0.3) is 5.56 Å². The fourth-order valence-electron chi connectivity index (χ4n) is 2.88. The van der Waals surface area contributed by atoms with E-state index in [1.54, 1.807) is 0 Å². The summed E-state index contributed by atoms with van der Waals surface area (Å²) >= 11 is 0. The van der Waals surface area contributed by atoms with Crippen LogP contribution in [-0.4, -0.2) is 20.2 Å². The maximum absolute atomic E-state index is 11.9. The van der Waals surface area contributed by atoms with Crippen molar-refractivity contribution in [3.63, 3.8) is 0 Å². The van der Waals surface area contributed by atoms with Gasteiger partial charge in [-0.2, -0.15) is 5.10 Å². The predicted molar refractivity (Wildman–Crippen MR) is 83.4 cm³/mol. The van der Waals surface area contributed by atoms with E-state index in [4.69, 9.17) is 0 Å². The third-order valence-electron chi connectivity index (χ3n) is 4.21. The second kappa shape index (κ2) is 4.95. The topological polar surface area (TPSA) is 91.5 Å². The van der Waals surface area contributed by atoms with Crippen LogP contribution in [0.15, 0.2) is 21.9 Å². The van der Waals surface area contributed by atoms with E-state index < -0.39 is 11.2 Å². The molecule has 0 aromatic carbocycles. The van der Waals surface area contributed by atoms with E-state index in [-0.39, 0.29) is 2.85 Å². The Bertz CT molecular complexity index is 801. The molecular weight excluding hydrogens is 268 g/mol. The first-order valence-electron chi connectivity index (χ1n) is 7.14. The van der Waals surface area contributed by atoms with Gasteiger partial charge in [-0.15, -0.1) is 5.10 Å². The molecule has 1 aliphatic rings. The highest BCUT2D eigenvalue weighted by molar-refractivity contribution is 5.57. The second-order valence-corrected chi connectivity index (χ2v) is 6.01. The number of aryl methyl sites for hydroxylation is 1. The van der Waals surface area contributed by atoms with Crippen molar-refractivity contribution in [1.82, 2.24) is 20.2 Å². The number of aromatic amines is 2. The molecule has 2 aromatic heterocycles. The van der Waals surface area contributed by atoms with Crippen LogP contribution in [0.4, 0.5) is 0 Å². The van der Waals surface area contributed by atoms with Gasteiger partial charge in [-0.05, 0) is 42.7 Å². The molecule has 1 aliphatic carbocycles. The van der Waals surface area contributed by atoms with Gasteiger partial charge in [0.15, 0.2) is 0 Å². The van der Waals surface area contributed by atoms with E-state index in [0.717, 1.165) is 17.7 Å². The summed E-state index contributed by atoms with van der Waals surface area (Å²) in [7, 11) is 0. The number of hydrogen-bond donors (Lipinski definition) is 2. The van der Waals surface area contributed by atoms with E-state index in [1.165, 1.54) is 6.20 Å². The second-order valence-electron chi connectivity index (χ2n) is 6.01. The summed E-state index contributed by atoms with van der Waals surface area (Å²) in [5.41, 5.74) is 1.94. The maximum Gasteiger partial charge on any atom is 0.325 e. The summed E-state index contributed by atoms with van der Waals surface area (Å²) in [5.74, 6) is 1.82. The largest absolute Gasteiger partial charge is 0.325 e. The molecule has 2 atom stereocenters. The fraction of sp³-hybridized carbons (Fsp3) is 0.467. The highest BCUT2D eigenvalue weighted by atomic mass is 16.2. The van der Waals surface area contributed by atoms with Gasteiger partial charge in [-0.1, -0.05) is 13.8 Å². The van der Waals surface area contributed by atoms with Crippen LogP contribution < -0.4 is 11.2 Å². The van der Waals surface area contributed by atoms with Gasteiger partial charge in [0.2, 0.25) is 0 Å². The zero-order valence-electron chi connectivity index (χ0n) is 12.3. The van der Waals surface area contributed by atoms with Gasteiger partial charge >= 0.3 is 5.69 Å². The zero-order valence-corrected chi connectivity index (χ0v) is 12.3. The Kier molecular flexibility index (Phi) is 3.23. The molecule has 2 heterocycles. The average molecular weight is 290 g/mol. The molecule has 3 rings (SSSR count). The molecule has 114 valence electrons. The molecule has 0 aliphatic heterocycles. The Morgan fingerprint density at radius 1 is 1.33 bits per heavy atom. The summed E-state index contributed by atoms with van der Waals surface area (Å²) in [5, 5.41) is 8.27. The molecule has 21 heavy (non-hydrogen) atoms. The molecule has 0 unspecified atom stereocenters. The molecule has 6 nitrogen and oxygen atoms in total. The minimum absolute atomic E-state index is 0. The minimum Gasteiger partial charge on any atom is -0.313 e. The number of aromatic nitrogens is 4. The van der Waals surface area contributed by atoms with Crippen LogP contribution in [0.5, 0.6) is 0 Å². The van der Waals surface area contributed by atoms with Crippen LogP contribution in [-0.2, 0) is 0 Å². The third kappa shape index (κ3) is 2.53. The first kappa shape index (κ1) is 13.7. The Morgan fingerprint density at radius 3 is 2.71 bits per heavy atom. The third-order valence-corrected chi connectivity index (χ3v) is 4.21. The number of hydrogen-bond acceptors (Lipinski definition) is 4. The van der Waals surface area contributed by atoms with Crippen molar-refractivity contribution in [3.8, 4) is 11.3 Å². The van der Waals surface area contributed by atoms with Gasteiger partial charge in [-0.3, -0.25) is 9.78 Å². The lowest BCUT2D eigenvalue weighted by Gasteiger charge is -2.08. The Balaban J connectivity index is 0.00000132. The smallest absolute Gasteiger partial charge is 0.313 e. The standard InChI is InChI=1S/C15H18N4O2.2H2/c1-7(2)9-4-11(9)10-5-13(19-18-8(10)3)12-6-16-15(21)17-14(12)20;;/h5-7,9,11H,4H2,1-3H3,(H2,16,17,20,21);2*1H/t9-,11+;;/m1../s1. The van der Waals surface area contributed by atoms with Crippen molar-refractivity contribution in [2.75, 3.05) is 0 Å². The van der Waals surface area contributed by atoms with E-state index in [2.05, 4.69) is 34.0 Å². The number of nitrogens with zero attached hydrogens (tertiary/aromatic N) is 2. The van der Waals surface area contributed by atoms with Gasteiger partial charge in [0, 0.05) is 9.05 Å². The van der Waals surface area contributed by atoms with Gasteiger partial charge in [-0.25, -0.2) is 4.79 Å². The van der Waals surface area contributed by atoms with Gasteiger partial charge < -0.3 is 4.98 Å². The summed E-state index contributed by atoms with van der Waals surface area (Å²) < 4.78 is 0. The molecule has 0 amide bonds. The maximum atomic E-state index is 11.9. The first-order chi connectivity index (χ1) is 9.97. The lowest BCUT2D eigenvalue weighted by atomic mass is 10.0. The van der Waals surface area contributed by atoms with Crippen molar-refractivity contribution < 1.29 is 2.85 Å². The van der Waals surface area contributed by atoms with Gasteiger partial charge in [0.1, 0.15) is 5.69 Å². The van der Waals surface area contributed by atoms with Crippen LogP contribution in [0.3, 0.4) is 0 Å². The Labute approximate surface area is 124 Å². The fourth-order valence-corrected chi connectivity index (χ4v) is 2.88. The number of nitrogens with one attached hydrogen (secondary N) is 2. The molecule has 0 saturated heterocycles. The van der Waals surface area contributed by atoms with Crippen molar-refractivity contribution >= 4 is 0 Å². The van der Waals surface area contributed by atoms with E-state index >= 15 is 0 Å². The molecule has 6 heteroatoms. The first-order valence-corrected chi connectivity index (χ1v) is 7.14. The summed E-state index contributed by atoms with van der Waals surface area (Å²) in [4.78, 5) is 27.6. The highest BCUT2D eigenvalue weighted by Gasteiger charge is 2.41. The Morgan fingerprint density at radius 2 is 2.10 bits per heavy atom. The molecule has 2 aromatic rings. The lowest BCUT2D eigenvalue weighted by molar-refractivity contribution is 0.547. The van der Waals surface area contributed by atoms with Crippen LogP contribution in [0.25, 0.3) is 11.3 Å². The SMILES string of the molecule is Cc1nnc(-c2c[nH]c(=O)[nH]c2=O)cc1[C@H]1C[C@@H]1C(C)C.[HH].[HH]. The van der Waals surface area contributed by atoms with Crippen LogP contribution in [0.2, 0.25) is 0 Å². The monoisotopic (exact) mass is 290 g/mol. The Hall–Kier alpha value is -2.24. The van der Waals surface area contributed by atoms with E-state index in [1.807, 2.05) is 13.0 Å². The molecule has 0 bridgehead atoms. The van der Waals surface area contributed by atoms with Crippen LogP contribution in [0.1, 0.15) is 40.3 Å². The van der Waals surface area contributed by atoms with E-state index in [9.17, 15) is 9.59 Å². The zero-order chi connectivity index (χ0) is 15.1. The van der Waals surface area contributed by atoms with E-state index in [0.29, 0.717) is 29.0 Å². The lowest BCUT2D eigenvalue weighted by Crippen LogP contribution is -2.23. The number of rotatable bonds is 3. The quantitative estimate of drug-likeness (QED) is 0.905. The molecule has 0 radical (unpaired) electrons. The molecule has 1 fully saturated rings. The van der Waals surface area contributed by atoms with Gasteiger partial charge in [0.05, 0.1) is 11.3 Å². The highest BCUT2D eigenvalue weighted by Crippen LogP contribution is 2.52. The number of H-pyrrole nitrogens is 2. The summed E-state index contributed by atoms with van der Waals surface area (Å²) in [6, 6.07) is 1.93. The average Bonchev–Trinajstić information content (AvgIpc) is 3.20. The summed E-state index contributed by atoms with van der Waals surface area (Å²) in [6.45, 7) is 6.39. The molecular formula is C15H22N4O2. The predicted octanol–water partition coefficient (Wildman–Crippen LogP) is 2.08. The molecule has 1 saturated carbocycles. The van der Waals surface area contributed by atoms with Crippen molar-refractivity contribution in [1.29, 1.82) is 0 Å². The van der Waals surface area contributed by atoms with Crippen molar-refractivity contribution in [3.05, 3.63) is 44.4 Å². The molecule has 0 spiro atoms. The normalized spacial score (nSPS) is 20.8. The molecule has 2 N–H and O–H groups in total. The summed E-state index contributed by atoms with van der Waals surface area (Å²) in [6.07, 6.45) is 2.54. The minimum atomic E-state index is -0.522. The van der Waals surface area contributed by atoms with Crippen LogP contribution >= 0.6 is 0 Å². The van der Waals surface area contributed by atoms with Crippen LogP contribution in [0, 0.1) is 18.8 Å². The van der Waals surface area contributed by atoms with Crippen molar-refractivity contribution in [2.45, 2.75) is 33.1 Å².